The van der Waals surface area contributed by atoms with Crippen LogP contribution in [0.15, 0.2) is 60.7 Å². The lowest BCUT2D eigenvalue weighted by molar-refractivity contribution is -0.132. The number of hydrogen-bond donors (Lipinski definition) is 0. The second-order valence-corrected chi connectivity index (χ2v) is 8.01. The minimum Gasteiger partial charge on any atom is -0.457 e. The molecule has 170 valence electrons. The molecule has 0 aliphatic carbocycles. The van der Waals surface area contributed by atoms with E-state index in [0.29, 0.717) is 19.6 Å². The highest BCUT2D eigenvalue weighted by atomic mass is 35.5. The van der Waals surface area contributed by atoms with Gasteiger partial charge in [-0.15, -0.1) is 12.4 Å². The van der Waals surface area contributed by atoms with Crippen LogP contribution in [0.4, 0.5) is 0 Å². The van der Waals surface area contributed by atoms with Gasteiger partial charge in [0.1, 0.15) is 11.5 Å². The van der Waals surface area contributed by atoms with Gasteiger partial charge in [0.15, 0.2) is 0 Å². The first-order valence-corrected chi connectivity index (χ1v) is 11.0. The predicted molar refractivity (Wildman–Crippen MR) is 128 cm³/mol. The van der Waals surface area contributed by atoms with Gasteiger partial charge in [-0.2, -0.15) is 0 Å². The van der Waals surface area contributed by atoms with Crippen LogP contribution in [0.2, 0.25) is 0 Å². The number of benzene rings is 2. The molecule has 2 amide bonds. The second-order valence-electron chi connectivity index (χ2n) is 8.01. The summed E-state index contributed by atoms with van der Waals surface area (Å²) >= 11 is 0. The lowest BCUT2D eigenvalue weighted by Gasteiger charge is -2.34. The summed E-state index contributed by atoms with van der Waals surface area (Å²) in [6, 6.07) is 17.3. The average molecular weight is 456 g/mol. The molecule has 2 heterocycles. The molecule has 2 aromatic carbocycles. The van der Waals surface area contributed by atoms with Crippen molar-refractivity contribution in [3.63, 3.8) is 0 Å². The van der Waals surface area contributed by atoms with E-state index < -0.39 is 0 Å². The molecule has 0 aromatic heterocycles. The Morgan fingerprint density at radius 2 is 1.50 bits per heavy atom. The number of para-hydroxylation sites is 1. The molecule has 0 radical (unpaired) electrons. The van der Waals surface area contributed by atoms with E-state index in [1.165, 1.54) is 0 Å². The van der Waals surface area contributed by atoms with Crippen molar-refractivity contribution in [3.05, 3.63) is 66.2 Å². The summed E-state index contributed by atoms with van der Waals surface area (Å²) in [7, 11) is 0. The summed E-state index contributed by atoms with van der Waals surface area (Å²) in [5.74, 6) is 1.73. The number of ether oxygens (including phenoxy) is 1. The van der Waals surface area contributed by atoms with Crippen molar-refractivity contribution in [2.75, 3.05) is 45.8 Å². The quantitative estimate of drug-likeness (QED) is 0.623. The van der Waals surface area contributed by atoms with Gasteiger partial charge in [0.05, 0.1) is 6.54 Å². The normalized spacial score (nSPS) is 16.8. The molecular formula is C25H30ClN3O3. The van der Waals surface area contributed by atoms with Crippen molar-refractivity contribution in [2.24, 2.45) is 0 Å². The van der Waals surface area contributed by atoms with Gasteiger partial charge in [-0.25, -0.2) is 0 Å². The Bertz CT molecular complexity index is 921. The van der Waals surface area contributed by atoms with Crippen LogP contribution in [-0.4, -0.2) is 72.3 Å². The van der Waals surface area contributed by atoms with Crippen molar-refractivity contribution < 1.29 is 14.3 Å². The molecule has 2 aliphatic heterocycles. The first-order valence-electron chi connectivity index (χ1n) is 11.0. The Balaban J connectivity index is 0.00000289. The maximum atomic E-state index is 12.6. The lowest BCUT2D eigenvalue weighted by atomic mass is 10.2. The standard InChI is InChI=1S/C25H29N3O3.ClH/c29-24(28-17-15-26(16-18-28)20-25(30)27-13-4-5-14-27)12-11-21-7-6-10-23(19-21)31-22-8-2-1-3-9-22;/h1-3,6-12,19H,4-5,13-18,20H2;1H. The maximum Gasteiger partial charge on any atom is 0.246 e. The molecule has 2 fully saturated rings. The third-order valence-electron chi connectivity index (χ3n) is 5.76. The van der Waals surface area contributed by atoms with E-state index in [4.69, 9.17) is 4.74 Å². The molecule has 2 saturated heterocycles. The molecule has 2 aromatic rings. The number of carbonyl (C=O) groups is 2. The van der Waals surface area contributed by atoms with E-state index in [2.05, 4.69) is 4.90 Å². The number of amides is 2. The van der Waals surface area contributed by atoms with Crippen molar-refractivity contribution in [2.45, 2.75) is 12.8 Å². The summed E-state index contributed by atoms with van der Waals surface area (Å²) in [5.41, 5.74) is 0.914. The highest BCUT2D eigenvalue weighted by Crippen LogP contribution is 2.22. The molecule has 0 atom stereocenters. The van der Waals surface area contributed by atoms with Crippen LogP contribution in [0.25, 0.3) is 6.08 Å². The summed E-state index contributed by atoms with van der Waals surface area (Å²) in [5, 5.41) is 0. The van der Waals surface area contributed by atoms with E-state index in [9.17, 15) is 9.59 Å². The molecule has 0 saturated carbocycles. The van der Waals surface area contributed by atoms with Crippen LogP contribution in [0.1, 0.15) is 18.4 Å². The summed E-state index contributed by atoms with van der Waals surface area (Å²) in [6.07, 6.45) is 5.67. The van der Waals surface area contributed by atoms with E-state index in [-0.39, 0.29) is 24.2 Å². The summed E-state index contributed by atoms with van der Waals surface area (Å²) in [4.78, 5) is 30.9. The monoisotopic (exact) mass is 455 g/mol. The summed E-state index contributed by atoms with van der Waals surface area (Å²) < 4.78 is 5.86. The van der Waals surface area contributed by atoms with Crippen LogP contribution >= 0.6 is 12.4 Å². The Labute approximate surface area is 195 Å². The molecule has 0 N–H and O–H groups in total. The zero-order valence-electron chi connectivity index (χ0n) is 18.2. The Morgan fingerprint density at radius 3 is 2.22 bits per heavy atom. The van der Waals surface area contributed by atoms with Crippen LogP contribution in [0.3, 0.4) is 0 Å². The average Bonchev–Trinajstić information content (AvgIpc) is 3.34. The third kappa shape index (κ3) is 6.58. The second kappa shape index (κ2) is 11.7. The molecule has 0 bridgehead atoms. The van der Waals surface area contributed by atoms with Gasteiger partial charge >= 0.3 is 0 Å². The predicted octanol–water partition coefficient (Wildman–Crippen LogP) is 3.68. The smallest absolute Gasteiger partial charge is 0.246 e. The van der Waals surface area contributed by atoms with E-state index in [1.54, 1.807) is 6.08 Å². The number of hydrogen-bond acceptors (Lipinski definition) is 4. The van der Waals surface area contributed by atoms with Crippen LogP contribution in [-0.2, 0) is 9.59 Å². The van der Waals surface area contributed by atoms with Gasteiger partial charge in [0.2, 0.25) is 11.8 Å². The van der Waals surface area contributed by atoms with Crippen molar-refractivity contribution in [1.82, 2.24) is 14.7 Å². The van der Waals surface area contributed by atoms with Gasteiger partial charge in [0, 0.05) is 45.3 Å². The van der Waals surface area contributed by atoms with Gasteiger partial charge in [-0.3, -0.25) is 14.5 Å². The molecule has 0 unspecified atom stereocenters. The zero-order chi connectivity index (χ0) is 21.5. The molecule has 4 rings (SSSR count). The molecule has 0 spiro atoms. The SMILES string of the molecule is Cl.O=C(C=Cc1cccc(Oc2ccccc2)c1)N1CCN(CC(=O)N2CCCC2)CC1. The lowest BCUT2D eigenvalue weighted by Crippen LogP contribution is -2.51. The fourth-order valence-electron chi connectivity index (χ4n) is 3.96. The number of carbonyl (C=O) groups excluding carboxylic acids is 2. The largest absolute Gasteiger partial charge is 0.457 e. The molecule has 2 aliphatic rings. The van der Waals surface area contributed by atoms with Gasteiger partial charge in [-0.05, 0) is 48.7 Å². The highest BCUT2D eigenvalue weighted by Gasteiger charge is 2.24. The number of rotatable bonds is 6. The fraction of sp³-hybridized carbons (Fsp3) is 0.360. The minimum absolute atomic E-state index is 0. The molecule has 32 heavy (non-hydrogen) atoms. The van der Waals surface area contributed by atoms with Crippen LogP contribution < -0.4 is 4.74 Å². The number of likely N-dealkylation sites (tertiary alicyclic amines) is 1. The Morgan fingerprint density at radius 1 is 0.812 bits per heavy atom. The van der Waals surface area contributed by atoms with Gasteiger partial charge < -0.3 is 14.5 Å². The fourth-order valence-corrected chi connectivity index (χ4v) is 3.96. The molecular weight excluding hydrogens is 426 g/mol. The third-order valence-corrected chi connectivity index (χ3v) is 5.76. The van der Waals surface area contributed by atoms with Crippen molar-refractivity contribution >= 4 is 30.3 Å². The number of nitrogens with zero attached hydrogens (tertiary/aromatic N) is 3. The van der Waals surface area contributed by atoms with Crippen LogP contribution in [0, 0.1) is 0 Å². The van der Waals surface area contributed by atoms with Crippen molar-refractivity contribution in [1.29, 1.82) is 0 Å². The summed E-state index contributed by atoms with van der Waals surface area (Å²) in [6.45, 7) is 5.01. The minimum atomic E-state index is -0.0000924. The Hall–Kier alpha value is -2.83. The number of piperazine rings is 1. The van der Waals surface area contributed by atoms with Gasteiger partial charge in [-0.1, -0.05) is 30.3 Å². The topological polar surface area (TPSA) is 53.1 Å². The molecule has 7 heteroatoms. The first kappa shape index (κ1) is 23.8. The van der Waals surface area contributed by atoms with Gasteiger partial charge in [0.25, 0.3) is 0 Å². The highest BCUT2D eigenvalue weighted by molar-refractivity contribution is 5.92. The zero-order valence-corrected chi connectivity index (χ0v) is 19.0. The maximum absolute atomic E-state index is 12.6. The molecule has 6 nitrogen and oxygen atoms in total. The van der Waals surface area contributed by atoms with E-state index >= 15 is 0 Å². The van der Waals surface area contributed by atoms with Crippen LogP contribution in [0.5, 0.6) is 11.5 Å². The first-order chi connectivity index (χ1) is 15.2. The number of halogens is 1. The van der Waals surface area contributed by atoms with Crippen molar-refractivity contribution in [3.8, 4) is 11.5 Å². The van der Waals surface area contributed by atoms with E-state index in [0.717, 1.165) is 56.1 Å². The van der Waals surface area contributed by atoms with E-state index in [1.807, 2.05) is 70.5 Å². The Kier molecular flexibility index (Phi) is 8.71.